The Morgan fingerprint density at radius 3 is 2.70 bits per heavy atom. The lowest BCUT2D eigenvalue weighted by Gasteiger charge is -2.24. The van der Waals surface area contributed by atoms with E-state index in [0.717, 1.165) is 18.4 Å². The fourth-order valence-electron chi connectivity index (χ4n) is 2.59. The maximum absolute atomic E-state index is 12.2. The maximum Gasteiger partial charge on any atom is 0.326 e. The second kappa shape index (κ2) is 6.52. The number of carbonyl (C=O) groups excluding carboxylic acids is 1. The van der Waals surface area contributed by atoms with E-state index < -0.39 is 18.1 Å². The number of carboxylic acids is 1. The molecule has 108 valence electrons. The molecular weight excluding hydrogens is 256 g/mol. The van der Waals surface area contributed by atoms with Gasteiger partial charge in [0.1, 0.15) is 6.04 Å². The highest BCUT2D eigenvalue weighted by Gasteiger charge is 2.35. The number of likely N-dealkylation sites (tertiary alicyclic amines) is 1. The van der Waals surface area contributed by atoms with Crippen LogP contribution in [-0.4, -0.2) is 40.5 Å². The topological polar surface area (TPSA) is 83.6 Å². The maximum atomic E-state index is 12.2. The summed E-state index contributed by atoms with van der Waals surface area (Å²) in [6.45, 7) is 0.495. The van der Waals surface area contributed by atoms with Gasteiger partial charge in [0.2, 0.25) is 5.91 Å². The molecule has 5 heteroatoms. The number of nitrogens with zero attached hydrogens (tertiary/aromatic N) is 1. The number of carbonyl (C=O) groups is 2. The van der Waals surface area contributed by atoms with E-state index in [1.54, 1.807) is 0 Å². The van der Waals surface area contributed by atoms with E-state index in [-0.39, 0.29) is 5.91 Å². The van der Waals surface area contributed by atoms with E-state index in [9.17, 15) is 9.59 Å². The third-order valence-electron chi connectivity index (χ3n) is 3.72. The van der Waals surface area contributed by atoms with Gasteiger partial charge in [0.25, 0.3) is 0 Å². The molecular formula is C15H20N2O3. The fraction of sp³-hybridized carbons (Fsp3) is 0.467. The number of carboxylic acid groups (broad SMARTS) is 1. The molecule has 2 atom stereocenters. The van der Waals surface area contributed by atoms with Crippen molar-refractivity contribution in [2.24, 2.45) is 5.73 Å². The van der Waals surface area contributed by atoms with Crippen LogP contribution in [0.5, 0.6) is 0 Å². The largest absolute Gasteiger partial charge is 0.480 e. The van der Waals surface area contributed by atoms with Gasteiger partial charge < -0.3 is 15.7 Å². The molecule has 1 aliphatic heterocycles. The molecule has 1 fully saturated rings. The third-order valence-corrected chi connectivity index (χ3v) is 3.72. The Labute approximate surface area is 118 Å². The van der Waals surface area contributed by atoms with Gasteiger partial charge in [0.15, 0.2) is 0 Å². The molecule has 0 radical (unpaired) electrons. The minimum absolute atomic E-state index is 0.245. The molecule has 20 heavy (non-hydrogen) atoms. The monoisotopic (exact) mass is 276 g/mol. The van der Waals surface area contributed by atoms with E-state index in [1.807, 2.05) is 30.3 Å². The van der Waals surface area contributed by atoms with Crippen LogP contribution in [0.4, 0.5) is 0 Å². The summed E-state index contributed by atoms with van der Waals surface area (Å²) in [6.07, 6.45) is 2.51. The SMILES string of the molecule is N[C@H](CCc1ccccc1)C(=O)N1CCC[C@H]1C(=O)O. The Morgan fingerprint density at radius 1 is 1.35 bits per heavy atom. The van der Waals surface area contributed by atoms with Crippen molar-refractivity contribution in [3.63, 3.8) is 0 Å². The van der Waals surface area contributed by atoms with Gasteiger partial charge in [0.05, 0.1) is 6.04 Å². The lowest BCUT2D eigenvalue weighted by atomic mass is 10.0. The average Bonchev–Trinajstić information content (AvgIpc) is 2.94. The molecule has 5 nitrogen and oxygen atoms in total. The number of aliphatic carboxylic acids is 1. The van der Waals surface area contributed by atoms with Crippen LogP contribution in [0.3, 0.4) is 0 Å². The van der Waals surface area contributed by atoms with Crippen molar-refractivity contribution in [1.29, 1.82) is 0 Å². The molecule has 1 saturated heterocycles. The highest BCUT2D eigenvalue weighted by Crippen LogP contribution is 2.19. The Kier molecular flexibility index (Phi) is 4.74. The molecule has 0 unspecified atom stereocenters. The van der Waals surface area contributed by atoms with Crippen LogP contribution in [0.25, 0.3) is 0 Å². The zero-order valence-corrected chi connectivity index (χ0v) is 11.4. The van der Waals surface area contributed by atoms with Crippen molar-refractivity contribution in [3.05, 3.63) is 35.9 Å². The highest BCUT2D eigenvalue weighted by molar-refractivity contribution is 5.87. The average molecular weight is 276 g/mol. The first-order valence-corrected chi connectivity index (χ1v) is 6.92. The predicted octanol–water partition coefficient (Wildman–Crippen LogP) is 1.02. The zero-order valence-electron chi connectivity index (χ0n) is 11.4. The van der Waals surface area contributed by atoms with Gasteiger partial charge in [0, 0.05) is 6.54 Å². The number of amides is 1. The molecule has 0 spiro atoms. The van der Waals surface area contributed by atoms with Crippen molar-refractivity contribution in [2.45, 2.75) is 37.8 Å². The molecule has 2 rings (SSSR count). The predicted molar refractivity (Wildman–Crippen MR) is 75.1 cm³/mol. The Hall–Kier alpha value is -1.88. The molecule has 0 aromatic heterocycles. The Morgan fingerprint density at radius 2 is 2.05 bits per heavy atom. The van der Waals surface area contributed by atoms with Gasteiger partial charge in [-0.1, -0.05) is 30.3 Å². The minimum Gasteiger partial charge on any atom is -0.480 e. The molecule has 1 heterocycles. The van der Waals surface area contributed by atoms with E-state index >= 15 is 0 Å². The molecule has 1 aromatic carbocycles. The summed E-state index contributed by atoms with van der Waals surface area (Å²) in [5.41, 5.74) is 7.05. The fourth-order valence-corrected chi connectivity index (χ4v) is 2.59. The summed E-state index contributed by atoms with van der Waals surface area (Å²) in [6, 6.07) is 8.49. The number of aryl methyl sites for hydroxylation is 1. The number of hydrogen-bond acceptors (Lipinski definition) is 3. The second-order valence-corrected chi connectivity index (χ2v) is 5.16. The van der Waals surface area contributed by atoms with Crippen molar-refractivity contribution >= 4 is 11.9 Å². The summed E-state index contributed by atoms with van der Waals surface area (Å²) < 4.78 is 0. The van der Waals surface area contributed by atoms with E-state index in [0.29, 0.717) is 19.4 Å². The van der Waals surface area contributed by atoms with Crippen LogP contribution in [0, 0.1) is 0 Å². The van der Waals surface area contributed by atoms with Crippen molar-refractivity contribution < 1.29 is 14.7 Å². The van der Waals surface area contributed by atoms with Gasteiger partial charge in [-0.05, 0) is 31.2 Å². The smallest absolute Gasteiger partial charge is 0.326 e. The quantitative estimate of drug-likeness (QED) is 0.841. The van der Waals surface area contributed by atoms with Gasteiger partial charge in [-0.3, -0.25) is 4.79 Å². The standard InChI is InChI=1S/C15H20N2O3/c16-12(9-8-11-5-2-1-3-6-11)14(18)17-10-4-7-13(17)15(19)20/h1-3,5-6,12-13H,4,7-10,16H2,(H,19,20)/t12-,13+/m1/s1. The normalized spacial score (nSPS) is 19.9. The molecule has 1 aromatic rings. The molecule has 0 bridgehead atoms. The molecule has 1 aliphatic rings. The first-order chi connectivity index (χ1) is 9.59. The van der Waals surface area contributed by atoms with E-state index in [4.69, 9.17) is 10.8 Å². The molecule has 3 N–H and O–H groups in total. The summed E-state index contributed by atoms with van der Waals surface area (Å²) in [4.78, 5) is 24.7. The number of hydrogen-bond donors (Lipinski definition) is 2. The van der Waals surface area contributed by atoms with Crippen LogP contribution in [0.1, 0.15) is 24.8 Å². The number of benzene rings is 1. The van der Waals surface area contributed by atoms with Crippen molar-refractivity contribution in [1.82, 2.24) is 4.90 Å². The van der Waals surface area contributed by atoms with Crippen LogP contribution in [0.15, 0.2) is 30.3 Å². The summed E-state index contributed by atoms with van der Waals surface area (Å²) in [5, 5.41) is 9.09. The first-order valence-electron chi connectivity index (χ1n) is 6.92. The lowest BCUT2D eigenvalue weighted by Crippen LogP contribution is -2.48. The highest BCUT2D eigenvalue weighted by atomic mass is 16.4. The lowest BCUT2D eigenvalue weighted by molar-refractivity contribution is -0.148. The van der Waals surface area contributed by atoms with Gasteiger partial charge in [-0.15, -0.1) is 0 Å². The molecule has 1 amide bonds. The summed E-state index contributed by atoms with van der Waals surface area (Å²) in [7, 11) is 0. The van der Waals surface area contributed by atoms with Crippen LogP contribution < -0.4 is 5.73 Å². The summed E-state index contributed by atoms with van der Waals surface area (Å²) >= 11 is 0. The molecule has 0 saturated carbocycles. The van der Waals surface area contributed by atoms with Crippen molar-refractivity contribution in [2.75, 3.05) is 6.54 Å². The van der Waals surface area contributed by atoms with E-state index in [1.165, 1.54) is 4.90 Å². The minimum atomic E-state index is -0.939. The van der Waals surface area contributed by atoms with Crippen LogP contribution in [0.2, 0.25) is 0 Å². The number of nitrogens with two attached hydrogens (primary N) is 1. The third kappa shape index (κ3) is 3.36. The van der Waals surface area contributed by atoms with Gasteiger partial charge in [-0.25, -0.2) is 4.79 Å². The van der Waals surface area contributed by atoms with Crippen LogP contribution >= 0.6 is 0 Å². The van der Waals surface area contributed by atoms with Crippen molar-refractivity contribution in [3.8, 4) is 0 Å². The van der Waals surface area contributed by atoms with Gasteiger partial charge >= 0.3 is 5.97 Å². The van der Waals surface area contributed by atoms with E-state index in [2.05, 4.69) is 0 Å². The number of rotatable bonds is 5. The van der Waals surface area contributed by atoms with Crippen LogP contribution in [-0.2, 0) is 16.0 Å². The second-order valence-electron chi connectivity index (χ2n) is 5.16. The summed E-state index contributed by atoms with van der Waals surface area (Å²) in [5.74, 6) is -1.18. The zero-order chi connectivity index (χ0) is 14.5. The Bertz CT molecular complexity index is 475. The van der Waals surface area contributed by atoms with Gasteiger partial charge in [-0.2, -0.15) is 0 Å². The molecule has 0 aliphatic carbocycles. The first kappa shape index (κ1) is 14.5. The Balaban J connectivity index is 1.90.